The average molecular weight is 256 g/mol. The van der Waals surface area contributed by atoms with Gasteiger partial charge in [0.05, 0.1) is 12.6 Å². The Morgan fingerprint density at radius 2 is 1.94 bits per heavy atom. The van der Waals surface area contributed by atoms with Gasteiger partial charge >= 0.3 is 0 Å². The van der Waals surface area contributed by atoms with Gasteiger partial charge in [0.25, 0.3) is 0 Å². The van der Waals surface area contributed by atoms with Crippen LogP contribution in [0.2, 0.25) is 0 Å². The molecule has 4 nitrogen and oxygen atoms in total. The van der Waals surface area contributed by atoms with E-state index < -0.39 is 0 Å². The van der Waals surface area contributed by atoms with Crippen LogP contribution in [-0.4, -0.2) is 59.1 Å². The first-order valence-corrected chi connectivity index (χ1v) is 7.09. The summed E-state index contributed by atoms with van der Waals surface area (Å²) in [5.41, 5.74) is 0. The third-order valence-electron chi connectivity index (χ3n) is 3.82. The Morgan fingerprint density at radius 1 is 1.39 bits per heavy atom. The summed E-state index contributed by atoms with van der Waals surface area (Å²) in [7, 11) is 1.94. The number of carbonyl (C=O) groups is 1. The molecule has 0 saturated carbocycles. The zero-order valence-electron chi connectivity index (χ0n) is 12.2. The fourth-order valence-electron chi connectivity index (χ4n) is 2.71. The molecule has 1 amide bonds. The standard InChI is InChI=1S/C14H28N2O2/c1-11-6-5-7-12(2)16(11)14(18)10-15(4)9-8-13(3)17/h11-13,17H,5-10H2,1-4H3. The van der Waals surface area contributed by atoms with E-state index in [9.17, 15) is 9.90 Å². The lowest BCUT2D eigenvalue weighted by Gasteiger charge is -2.39. The number of aliphatic hydroxyl groups excluding tert-OH is 1. The lowest BCUT2D eigenvalue weighted by Crippen LogP contribution is -2.50. The van der Waals surface area contributed by atoms with Gasteiger partial charge in [0.15, 0.2) is 0 Å². The smallest absolute Gasteiger partial charge is 0.237 e. The van der Waals surface area contributed by atoms with Crippen LogP contribution < -0.4 is 0 Å². The molecule has 1 fully saturated rings. The van der Waals surface area contributed by atoms with Crippen molar-refractivity contribution in [3.8, 4) is 0 Å². The molecule has 0 spiro atoms. The predicted molar refractivity (Wildman–Crippen MR) is 73.4 cm³/mol. The summed E-state index contributed by atoms with van der Waals surface area (Å²) in [5, 5.41) is 9.25. The number of hydrogen-bond donors (Lipinski definition) is 1. The van der Waals surface area contributed by atoms with Gasteiger partial charge in [-0.2, -0.15) is 0 Å². The number of likely N-dealkylation sites (tertiary alicyclic amines) is 1. The zero-order valence-corrected chi connectivity index (χ0v) is 12.2. The monoisotopic (exact) mass is 256 g/mol. The van der Waals surface area contributed by atoms with E-state index in [1.54, 1.807) is 6.92 Å². The maximum absolute atomic E-state index is 12.3. The van der Waals surface area contributed by atoms with Crippen molar-refractivity contribution >= 4 is 5.91 Å². The molecule has 4 heteroatoms. The quantitative estimate of drug-likeness (QED) is 0.810. The second-order valence-corrected chi connectivity index (χ2v) is 5.81. The van der Waals surface area contributed by atoms with E-state index in [1.807, 2.05) is 16.8 Å². The van der Waals surface area contributed by atoms with Gasteiger partial charge in [-0.25, -0.2) is 0 Å². The lowest BCUT2D eigenvalue weighted by molar-refractivity contribution is -0.138. The highest BCUT2D eigenvalue weighted by Crippen LogP contribution is 2.22. The second kappa shape index (κ2) is 7.10. The summed E-state index contributed by atoms with van der Waals surface area (Å²) in [5.74, 6) is 0.225. The number of amides is 1. The van der Waals surface area contributed by atoms with E-state index in [0.29, 0.717) is 18.6 Å². The van der Waals surface area contributed by atoms with Crippen LogP contribution >= 0.6 is 0 Å². The van der Waals surface area contributed by atoms with E-state index in [4.69, 9.17) is 0 Å². The molecule has 1 aliphatic rings. The maximum atomic E-state index is 12.3. The zero-order chi connectivity index (χ0) is 13.7. The first-order chi connectivity index (χ1) is 8.41. The molecule has 3 unspecified atom stereocenters. The Labute approximate surface area is 111 Å². The third-order valence-corrected chi connectivity index (χ3v) is 3.82. The molecule has 0 aromatic carbocycles. The normalized spacial score (nSPS) is 26.4. The molecule has 18 heavy (non-hydrogen) atoms. The number of aliphatic hydroxyl groups is 1. The highest BCUT2D eigenvalue weighted by molar-refractivity contribution is 5.79. The Kier molecular flexibility index (Phi) is 6.09. The molecule has 0 radical (unpaired) electrons. The molecular weight excluding hydrogens is 228 g/mol. The number of nitrogens with zero attached hydrogens (tertiary/aromatic N) is 2. The predicted octanol–water partition coefficient (Wildman–Crippen LogP) is 1.48. The summed E-state index contributed by atoms with van der Waals surface area (Å²) in [6.45, 7) is 7.29. The lowest BCUT2D eigenvalue weighted by atomic mass is 9.97. The Bertz CT molecular complexity index is 259. The first-order valence-electron chi connectivity index (χ1n) is 7.09. The molecule has 1 rings (SSSR count). The van der Waals surface area contributed by atoms with Crippen LogP contribution in [0, 0.1) is 0 Å². The van der Waals surface area contributed by atoms with Crippen molar-refractivity contribution in [1.29, 1.82) is 0 Å². The molecule has 0 aromatic rings. The van der Waals surface area contributed by atoms with Gasteiger partial charge in [-0.05, 0) is 53.5 Å². The van der Waals surface area contributed by atoms with Gasteiger partial charge in [-0.1, -0.05) is 0 Å². The molecule has 1 N–H and O–H groups in total. The summed E-state index contributed by atoms with van der Waals surface area (Å²) in [6.07, 6.45) is 3.88. The van der Waals surface area contributed by atoms with Crippen LogP contribution in [-0.2, 0) is 4.79 Å². The fraction of sp³-hybridized carbons (Fsp3) is 0.929. The van der Waals surface area contributed by atoms with Gasteiger partial charge in [-0.15, -0.1) is 0 Å². The summed E-state index contributed by atoms with van der Waals surface area (Å²) >= 11 is 0. The van der Waals surface area contributed by atoms with Crippen molar-refractivity contribution in [2.75, 3.05) is 20.1 Å². The number of hydrogen-bond acceptors (Lipinski definition) is 3. The summed E-state index contributed by atoms with van der Waals surface area (Å²) in [4.78, 5) is 16.3. The van der Waals surface area contributed by atoms with E-state index >= 15 is 0 Å². The van der Waals surface area contributed by atoms with Gasteiger partial charge in [-0.3, -0.25) is 9.69 Å². The van der Waals surface area contributed by atoms with Crippen molar-refractivity contribution in [1.82, 2.24) is 9.80 Å². The fourth-order valence-corrected chi connectivity index (χ4v) is 2.71. The largest absolute Gasteiger partial charge is 0.393 e. The minimum absolute atomic E-state index is 0.225. The molecule has 0 aromatic heterocycles. The second-order valence-electron chi connectivity index (χ2n) is 5.81. The number of piperidine rings is 1. The van der Waals surface area contributed by atoms with E-state index in [2.05, 4.69) is 13.8 Å². The van der Waals surface area contributed by atoms with E-state index in [0.717, 1.165) is 25.8 Å². The average Bonchev–Trinajstić information content (AvgIpc) is 2.26. The molecule has 1 saturated heterocycles. The molecule has 3 atom stereocenters. The van der Waals surface area contributed by atoms with E-state index in [-0.39, 0.29) is 12.0 Å². The first kappa shape index (κ1) is 15.4. The SMILES string of the molecule is CC(O)CCN(C)CC(=O)N1C(C)CCCC1C. The number of likely N-dealkylation sites (N-methyl/N-ethyl adjacent to an activating group) is 1. The third kappa shape index (κ3) is 4.58. The minimum Gasteiger partial charge on any atom is -0.393 e. The molecule has 1 heterocycles. The summed E-state index contributed by atoms with van der Waals surface area (Å²) < 4.78 is 0. The molecule has 0 aliphatic carbocycles. The van der Waals surface area contributed by atoms with Crippen LogP contribution in [0.3, 0.4) is 0 Å². The van der Waals surface area contributed by atoms with Crippen LogP contribution in [0.25, 0.3) is 0 Å². The van der Waals surface area contributed by atoms with Crippen molar-refractivity contribution in [3.63, 3.8) is 0 Å². The highest BCUT2D eigenvalue weighted by Gasteiger charge is 2.29. The van der Waals surface area contributed by atoms with Gasteiger partial charge < -0.3 is 10.0 Å². The van der Waals surface area contributed by atoms with Gasteiger partial charge in [0.1, 0.15) is 0 Å². The molecule has 1 aliphatic heterocycles. The highest BCUT2D eigenvalue weighted by atomic mass is 16.3. The molecular formula is C14H28N2O2. The Hall–Kier alpha value is -0.610. The minimum atomic E-state index is -0.296. The Morgan fingerprint density at radius 3 is 2.44 bits per heavy atom. The van der Waals surface area contributed by atoms with Crippen LogP contribution in [0.15, 0.2) is 0 Å². The number of rotatable bonds is 5. The van der Waals surface area contributed by atoms with Crippen LogP contribution in [0.1, 0.15) is 46.5 Å². The van der Waals surface area contributed by atoms with E-state index in [1.165, 1.54) is 6.42 Å². The molecule has 106 valence electrons. The van der Waals surface area contributed by atoms with Crippen molar-refractivity contribution in [3.05, 3.63) is 0 Å². The van der Waals surface area contributed by atoms with Crippen molar-refractivity contribution in [2.45, 2.75) is 64.6 Å². The Balaban J connectivity index is 2.43. The summed E-state index contributed by atoms with van der Waals surface area (Å²) in [6, 6.07) is 0.734. The van der Waals surface area contributed by atoms with Crippen LogP contribution in [0.4, 0.5) is 0 Å². The molecule has 0 bridgehead atoms. The number of carbonyl (C=O) groups excluding carboxylic acids is 1. The van der Waals surface area contributed by atoms with Crippen LogP contribution in [0.5, 0.6) is 0 Å². The van der Waals surface area contributed by atoms with Crippen molar-refractivity contribution in [2.24, 2.45) is 0 Å². The van der Waals surface area contributed by atoms with Crippen molar-refractivity contribution < 1.29 is 9.90 Å². The maximum Gasteiger partial charge on any atom is 0.237 e. The topological polar surface area (TPSA) is 43.8 Å². The van der Waals surface area contributed by atoms with Gasteiger partial charge in [0.2, 0.25) is 5.91 Å². The van der Waals surface area contributed by atoms with Gasteiger partial charge in [0, 0.05) is 18.6 Å².